The van der Waals surface area contributed by atoms with Crippen LogP contribution in [0.15, 0.2) is 30.5 Å². The van der Waals surface area contributed by atoms with Gasteiger partial charge < -0.3 is 5.11 Å². The molecule has 88 valence electrons. The van der Waals surface area contributed by atoms with E-state index in [-0.39, 0.29) is 0 Å². The van der Waals surface area contributed by atoms with E-state index in [1.165, 1.54) is 5.56 Å². The SMILES string of the molecule is OC1CC(c2cccc(Cl)c2)Cc2[nH]ncc21. The highest BCUT2D eigenvalue weighted by Gasteiger charge is 2.27. The molecule has 0 radical (unpaired) electrons. The van der Waals surface area contributed by atoms with Gasteiger partial charge in [0.15, 0.2) is 0 Å². The summed E-state index contributed by atoms with van der Waals surface area (Å²) in [5.74, 6) is 0.302. The number of halogens is 1. The number of aromatic nitrogens is 2. The van der Waals surface area contributed by atoms with E-state index in [1.54, 1.807) is 6.20 Å². The van der Waals surface area contributed by atoms with Crippen molar-refractivity contribution in [3.8, 4) is 0 Å². The molecule has 1 heterocycles. The maximum absolute atomic E-state index is 10.1. The average molecular weight is 249 g/mol. The van der Waals surface area contributed by atoms with E-state index in [4.69, 9.17) is 11.6 Å². The highest BCUT2D eigenvalue weighted by molar-refractivity contribution is 6.30. The maximum Gasteiger partial charge on any atom is 0.0829 e. The van der Waals surface area contributed by atoms with Gasteiger partial charge >= 0.3 is 0 Å². The molecule has 0 aliphatic heterocycles. The third-order valence-electron chi connectivity index (χ3n) is 3.39. The van der Waals surface area contributed by atoms with Gasteiger partial charge in [0.2, 0.25) is 0 Å². The number of H-pyrrole nitrogens is 1. The quantitative estimate of drug-likeness (QED) is 0.815. The second kappa shape index (κ2) is 4.17. The Morgan fingerprint density at radius 2 is 2.29 bits per heavy atom. The van der Waals surface area contributed by atoms with E-state index < -0.39 is 6.10 Å². The van der Waals surface area contributed by atoms with Gasteiger partial charge in [0, 0.05) is 16.3 Å². The molecule has 1 aromatic carbocycles. The monoisotopic (exact) mass is 248 g/mol. The molecule has 17 heavy (non-hydrogen) atoms. The van der Waals surface area contributed by atoms with E-state index in [0.29, 0.717) is 5.92 Å². The molecule has 1 aromatic heterocycles. The van der Waals surface area contributed by atoms with Crippen molar-refractivity contribution >= 4 is 11.6 Å². The molecular formula is C13H13ClN2O. The van der Waals surface area contributed by atoms with Crippen LogP contribution in [0.1, 0.15) is 35.3 Å². The number of hydrogen-bond acceptors (Lipinski definition) is 2. The Kier molecular flexibility index (Phi) is 2.65. The van der Waals surface area contributed by atoms with Crippen molar-refractivity contribution in [2.75, 3.05) is 0 Å². The fourth-order valence-electron chi connectivity index (χ4n) is 2.51. The lowest BCUT2D eigenvalue weighted by atomic mass is 9.82. The van der Waals surface area contributed by atoms with Gasteiger partial charge in [-0.1, -0.05) is 23.7 Å². The number of aromatic amines is 1. The molecule has 2 aromatic rings. The first-order chi connectivity index (χ1) is 8.24. The molecule has 0 bridgehead atoms. The van der Waals surface area contributed by atoms with Crippen molar-refractivity contribution in [1.82, 2.24) is 10.2 Å². The first kappa shape index (κ1) is 10.8. The van der Waals surface area contributed by atoms with Crippen LogP contribution in [0, 0.1) is 0 Å². The van der Waals surface area contributed by atoms with Gasteiger partial charge in [0.05, 0.1) is 12.3 Å². The molecule has 3 rings (SSSR count). The molecule has 0 spiro atoms. The van der Waals surface area contributed by atoms with Crippen LogP contribution >= 0.6 is 11.6 Å². The van der Waals surface area contributed by atoms with Gasteiger partial charge in [-0.05, 0) is 36.5 Å². The van der Waals surface area contributed by atoms with Crippen LogP contribution in [0.4, 0.5) is 0 Å². The van der Waals surface area contributed by atoms with Gasteiger partial charge in [-0.15, -0.1) is 0 Å². The van der Waals surface area contributed by atoms with Crippen molar-refractivity contribution in [3.05, 3.63) is 52.3 Å². The zero-order chi connectivity index (χ0) is 11.8. The normalized spacial score (nSPS) is 23.4. The zero-order valence-corrected chi connectivity index (χ0v) is 9.98. The second-order valence-electron chi connectivity index (χ2n) is 4.51. The Morgan fingerprint density at radius 3 is 3.12 bits per heavy atom. The molecule has 1 aliphatic rings. The number of rotatable bonds is 1. The minimum Gasteiger partial charge on any atom is -0.388 e. The van der Waals surface area contributed by atoms with E-state index in [2.05, 4.69) is 16.3 Å². The molecule has 2 N–H and O–H groups in total. The Bertz CT molecular complexity index is 538. The largest absolute Gasteiger partial charge is 0.388 e. The molecule has 4 heteroatoms. The number of aliphatic hydroxyl groups excluding tert-OH is 1. The number of hydrogen-bond donors (Lipinski definition) is 2. The minimum absolute atomic E-state index is 0.302. The molecule has 0 saturated heterocycles. The van der Waals surface area contributed by atoms with E-state index in [9.17, 15) is 5.11 Å². The summed E-state index contributed by atoms with van der Waals surface area (Å²) in [4.78, 5) is 0. The van der Waals surface area contributed by atoms with E-state index >= 15 is 0 Å². The van der Waals surface area contributed by atoms with E-state index in [0.717, 1.165) is 29.1 Å². The molecule has 2 atom stereocenters. The number of nitrogens with zero attached hydrogens (tertiary/aromatic N) is 1. The Balaban J connectivity index is 1.93. The number of fused-ring (bicyclic) bond motifs is 1. The number of benzene rings is 1. The fraction of sp³-hybridized carbons (Fsp3) is 0.308. The summed E-state index contributed by atoms with van der Waals surface area (Å²) in [6.07, 6.45) is 2.90. The van der Waals surface area contributed by atoms with Gasteiger partial charge in [-0.3, -0.25) is 5.10 Å². The molecular weight excluding hydrogens is 236 g/mol. The second-order valence-corrected chi connectivity index (χ2v) is 4.95. The van der Waals surface area contributed by atoms with Crippen LogP contribution in [0.2, 0.25) is 5.02 Å². The lowest BCUT2D eigenvalue weighted by Crippen LogP contribution is -2.16. The van der Waals surface area contributed by atoms with Gasteiger partial charge in [-0.25, -0.2) is 0 Å². The Morgan fingerprint density at radius 1 is 1.41 bits per heavy atom. The predicted octanol–water partition coefficient (Wildman–Crippen LogP) is 2.83. The van der Waals surface area contributed by atoms with Crippen LogP contribution in [0.25, 0.3) is 0 Å². The summed E-state index contributed by atoms with van der Waals surface area (Å²) >= 11 is 6.00. The lowest BCUT2D eigenvalue weighted by molar-refractivity contribution is 0.147. The van der Waals surface area contributed by atoms with Crippen molar-refractivity contribution < 1.29 is 5.11 Å². The average Bonchev–Trinajstić information content (AvgIpc) is 2.77. The predicted molar refractivity (Wildman–Crippen MR) is 66.1 cm³/mol. The standard InChI is InChI=1S/C13H13ClN2O/c14-10-3-1-2-8(4-10)9-5-12-11(7-15-16-12)13(17)6-9/h1-4,7,9,13,17H,5-6H2,(H,15,16). The molecule has 0 fully saturated rings. The summed E-state index contributed by atoms with van der Waals surface area (Å²) in [5, 5.41) is 17.7. The zero-order valence-electron chi connectivity index (χ0n) is 9.23. The Labute approximate surface area is 104 Å². The van der Waals surface area contributed by atoms with E-state index in [1.807, 2.05) is 18.2 Å². The number of nitrogens with one attached hydrogen (secondary N) is 1. The van der Waals surface area contributed by atoms with Crippen LogP contribution in [-0.4, -0.2) is 15.3 Å². The molecule has 0 saturated carbocycles. The van der Waals surface area contributed by atoms with Crippen molar-refractivity contribution in [3.63, 3.8) is 0 Å². The molecule has 3 nitrogen and oxygen atoms in total. The number of aliphatic hydroxyl groups is 1. The van der Waals surface area contributed by atoms with Crippen molar-refractivity contribution in [1.29, 1.82) is 0 Å². The lowest BCUT2D eigenvalue weighted by Gasteiger charge is -2.26. The van der Waals surface area contributed by atoms with Gasteiger partial charge in [0.1, 0.15) is 0 Å². The first-order valence-electron chi connectivity index (χ1n) is 5.69. The van der Waals surface area contributed by atoms with Crippen LogP contribution < -0.4 is 0 Å². The summed E-state index contributed by atoms with van der Waals surface area (Å²) in [6.45, 7) is 0. The minimum atomic E-state index is -0.429. The third kappa shape index (κ3) is 1.96. The highest BCUT2D eigenvalue weighted by atomic mass is 35.5. The van der Waals surface area contributed by atoms with Crippen LogP contribution in [0.3, 0.4) is 0 Å². The smallest absolute Gasteiger partial charge is 0.0829 e. The topological polar surface area (TPSA) is 48.9 Å². The molecule has 1 aliphatic carbocycles. The summed E-state index contributed by atoms with van der Waals surface area (Å²) in [5.41, 5.74) is 3.15. The van der Waals surface area contributed by atoms with Crippen molar-refractivity contribution in [2.24, 2.45) is 0 Å². The summed E-state index contributed by atoms with van der Waals surface area (Å²) < 4.78 is 0. The summed E-state index contributed by atoms with van der Waals surface area (Å²) in [7, 11) is 0. The first-order valence-corrected chi connectivity index (χ1v) is 6.07. The highest BCUT2D eigenvalue weighted by Crippen LogP contribution is 2.37. The fourth-order valence-corrected chi connectivity index (χ4v) is 2.71. The summed E-state index contributed by atoms with van der Waals surface area (Å²) in [6, 6.07) is 7.85. The maximum atomic E-state index is 10.1. The Hall–Kier alpha value is -1.32. The van der Waals surface area contributed by atoms with Gasteiger partial charge in [0.25, 0.3) is 0 Å². The van der Waals surface area contributed by atoms with Gasteiger partial charge in [-0.2, -0.15) is 5.10 Å². The van der Waals surface area contributed by atoms with Crippen molar-refractivity contribution in [2.45, 2.75) is 24.9 Å². The van der Waals surface area contributed by atoms with Crippen LogP contribution in [-0.2, 0) is 6.42 Å². The van der Waals surface area contributed by atoms with Crippen LogP contribution in [0.5, 0.6) is 0 Å². The molecule has 0 amide bonds. The molecule has 2 unspecified atom stereocenters. The third-order valence-corrected chi connectivity index (χ3v) is 3.62.